The van der Waals surface area contributed by atoms with Gasteiger partial charge in [-0.05, 0) is 13.8 Å². The van der Waals surface area contributed by atoms with Crippen LogP contribution in [0.5, 0.6) is 5.75 Å². The summed E-state index contributed by atoms with van der Waals surface area (Å²) in [7, 11) is 1.58. The Labute approximate surface area is 99.1 Å². The number of aryl methyl sites for hydroxylation is 1. The fourth-order valence-corrected chi connectivity index (χ4v) is 1.62. The summed E-state index contributed by atoms with van der Waals surface area (Å²) in [5, 5.41) is 3.81. The Bertz CT molecular complexity index is 455. The molecule has 2 heterocycles. The minimum absolute atomic E-state index is 0.150. The zero-order valence-corrected chi connectivity index (χ0v) is 10.2. The Hall–Kier alpha value is -1.40. The second kappa shape index (κ2) is 4.46. The Morgan fingerprint density at radius 3 is 3.06 bits per heavy atom. The topological polar surface area (TPSA) is 62.6 Å². The Balaban J connectivity index is 1.95. The molecule has 1 aromatic heterocycles. The molecular formula is C11H16N2O4. The Kier molecular flexibility index (Phi) is 3.17. The van der Waals surface area contributed by atoms with Crippen LogP contribution in [-0.2, 0) is 16.5 Å². The van der Waals surface area contributed by atoms with E-state index in [1.165, 1.54) is 10.9 Å². The lowest BCUT2D eigenvalue weighted by atomic mass is 10.4. The molecule has 94 valence electrons. The van der Waals surface area contributed by atoms with Crippen molar-refractivity contribution in [1.82, 2.24) is 9.78 Å². The van der Waals surface area contributed by atoms with Crippen molar-refractivity contribution in [3.63, 3.8) is 0 Å². The molecule has 1 unspecified atom stereocenters. The van der Waals surface area contributed by atoms with Gasteiger partial charge in [0.05, 0.1) is 12.8 Å². The zero-order valence-electron chi connectivity index (χ0n) is 10.2. The first-order chi connectivity index (χ1) is 7.98. The van der Waals surface area contributed by atoms with Gasteiger partial charge >= 0.3 is 5.56 Å². The molecule has 0 saturated carbocycles. The maximum Gasteiger partial charge on any atom is 0.308 e. The second-order valence-corrected chi connectivity index (χ2v) is 4.39. The van der Waals surface area contributed by atoms with Crippen molar-refractivity contribution in [2.45, 2.75) is 25.7 Å². The quantitative estimate of drug-likeness (QED) is 0.761. The maximum absolute atomic E-state index is 11.6. The summed E-state index contributed by atoms with van der Waals surface area (Å²) in [6.45, 7) is 4.46. The van der Waals surface area contributed by atoms with Crippen LogP contribution in [0.3, 0.4) is 0 Å². The highest BCUT2D eigenvalue weighted by Crippen LogP contribution is 2.22. The molecule has 1 atom stereocenters. The first-order valence-corrected chi connectivity index (χ1v) is 5.45. The van der Waals surface area contributed by atoms with Gasteiger partial charge < -0.3 is 14.2 Å². The molecule has 0 bridgehead atoms. The van der Waals surface area contributed by atoms with E-state index >= 15 is 0 Å². The molecule has 1 saturated heterocycles. The fourth-order valence-electron chi connectivity index (χ4n) is 1.62. The molecule has 2 rings (SSSR count). The van der Waals surface area contributed by atoms with Gasteiger partial charge in [-0.15, -0.1) is 0 Å². The van der Waals surface area contributed by atoms with Gasteiger partial charge in [0.15, 0.2) is 11.5 Å². The predicted octanol–water partition coefficient (Wildman–Crippen LogP) is 0.311. The Morgan fingerprint density at radius 1 is 1.65 bits per heavy atom. The largest absolute Gasteiger partial charge is 0.485 e. The van der Waals surface area contributed by atoms with Gasteiger partial charge in [-0.2, -0.15) is 5.10 Å². The average Bonchev–Trinajstić information content (AvgIpc) is 2.61. The first-order valence-electron chi connectivity index (χ1n) is 5.45. The molecule has 6 heteroatoms. The minimum atomic E-state index is -0.572. The summed E-state index contributed by atoms with van der Waals surface area (Å²) < 4.78 is 17.6. The molecule has 0 aromatic carbocycles. The number of ether oxygens (including phenoxy) is 3. The Morgan fingerprint density at radius 2 is 2.41 bits per heavy atom. The molecule has 1 aliphatic rings. The maximum atomic E-state index is 11.6. The van der Waals surface area contributed by atoms with E-state index in [2.05, 4.69) is 5.10 Å². The van der Waals surface area contributed by atoms with E-state index in [9.17, 15) is 4.79 Å². The van der Waals surface area contributed by atoms with Gasteiger partial charge in [0.2, 0.25) is 0 Å². The number of nitrogens with zero attached hydrogens (tertiary/aromatic N) is 2. The van der Waals surface area contributed by atoms with E-state index in [1.807, 2.05) is 13.8 Å². The normalized spacial score (nSPS) is 22.6. The average molecular weight is 240 g/mol. The number of hydrogen-bond acceptors (Lipinski definition) is 5. The van der Waals surface area contributed by atoms with Crippen LogP contribution in [-0.4, -0.2) is 34.9 Å². The highest BCUT2D eigenvalue weighted by atomic mass is 16.7. The SMILES string of the molecule is Cn1nccc(OCC2COC(C)(C)O2)c1=O. The van der Waals surface area contributed by atoms with Gasteiger partial charge in [-0.3, -0.25) is 4.79 Å². The summed E-state index contributed by atoms with van der Waals surface area (Å²) >= 11 is 0. The summed E-state index contributed by atoms with van der Waals surface area (Å²) in [6.07, 6.45) is 1.37. The minimum Gasteiger partial charge on any atom is -0.485 e. The molecule has 0 spiro atoms. The first kappa shape index (κ1) is 12.1. The lowest BCUT2D eigenvalue weighted by Gasteiger charge is -2.17. The smallest absolute Gasteiger partial charge is 0.308 e. The van der Waals surface area contributed by atoms with E-state index in [0.29, 0.717) is 13.2 Å². The van der Waals surface area contributed by atoms with E-state index in [-0.39, 0.29) is 17.4 Å². The lowest BCUT2D eigenvalue weighted by Crippen LogP contribution is -2.27. The van der Waals surface area contributed by atoms with Crippen LogP contribution >= 0.6 is 0 Å². The molecule has 1 aliphatic heterocycles. The van der Waals surface area contributed by atoms with Gasteiger partial charge in [-0.25, -0.2) is 4.68 Å². The third-order valence-corrected chi connectivity index (χ3v) is 2.46. The summed E-state index contributed by atoms with van der Waals surface area (Å²) in [5.41, 5.74) is -0.259. The van der Waals surface area contributed by atoms with Crippen molar-refractivity contribution in [1.29, 1.82) is 0 Å². The van der Waals surface area contributed by atoms with Crippen LogP contribution in [0.1, 0.15) is 13.8 Å². The van der Waals surface area contributed by atoms with Crippen molar-refractivity contribution in [2.75, 3.05) is 13.2 Å². The molecule has 0 radical (unpaired) electrons. The van der Waals surface area contributed by atoms with E-state index in [1.54, 1.807) is 13.1 Å². The van der Waals surface area contributed by atoms with Crippen LogP contribution in [0.4, 0.5) is 0 Å². The van der Waals surface area contributed by atoms with Crippen molar-refractivity contribution < 1.29 is 14.2 Å². The van der Waals surface area contributed by atoms with Crippen molar-refractivity contribution in [3.05, 3.63) is 22.6 Å². The van der Waals surface area contributed by atoms with Gasteiger partial charge in [-0.1, -0.05) is 0 Å². The molecule has 0 N–H and O–H groups in total. The summed E-state index contributed by atoms with van der Waals surface area (Å²) in [6, 6.07) is 1.54. The standard InChI is InChI=1S/C11H16N2O4/c1-11(2)16-7-8(17-11)6-15-9-4-5-12-13(3)10(9)14/h4-5,8H,6-7H2,1-3H3. The predicted molar refractivity (Wildman–Crippen MR) is 59.9 cm³/mol. The molecule has 1 fully saturated rings. The summed E-state index contributed by atoms with van der Waals surface area (Å²) in [5.74, 6) is -0.298. The highest BCUT2D eigenvalue weighted by Gasteiger charge is 2.33. The van der Waals surface area contributed by atoms with E-state index < -0.39 is 5.79 Å². The van der Waals surface area contributed by atoms with Gasteiger partial charge in [0.1, 0.15) is 12.7 Å². The van der Waals surface area contributed by atoms with Crippen molar-refractivity contribution in [3.8, 4) is 5.75 Å². The van der Waals surface area contributed by atoms with Crippen LogP contribution in [0.15, 0.2) is 17.1 Å². The molecular weight excluding hydrogens is 224 g/mol. The molecule has 0 amide bonds. The van der Waals surface area contributed by atoms with Crippen LogP contribution in [0.2, 0.25) is 0 Å². The molecule has 0 aliphatic carbocycles. The number of hydrogen-bond donors (Lipinski definition) is 0. The van der Waals surface area contributed by atoms with Crippen molar-refractivity contribution >= 4 is 0 Å². The third kappa shape index (κ3) is 2.83. The molecule has 17 heavy (non-hydrogen) atoms. The molecule has 6 nitrogen and oxygen atoms in total. The van der Waals surface area contributed by atoms with Crippen LogP contribution < -0.4 is 10.3 Å². The lowest BCUT2D eigenvalue weighted by molar-refractivity contribution is -0.141. The second-order valence-electron chi connectivity index (χ2n) is 4.39. The van der Waals surface area contributed by atoms with E-state index in [4.69, 9.17) is 14.2 Å². The zero-order chi connectivity index (χ0) is 12.5. The van der Waals surface area contributed by atoms with Gasteiger partial charge in [0, 0.05) is 13.1 Å². The third-order valence-electron chi connectivity index (χ3n) is 2.46. The van der Waals surface area contributed by atoms with Crippen molar-refractivity contribution in [2.24, 2.45) is 7.05 Å². The van der Waals surface area contributed by atoms with Crippen LogP contribution in [0.25, 0.3) is 0 Å². The van der Waals surface area contributed by atoms with Gasteiger partial charge in [0.25, 0.3) is 0 Å². The fraction of sp³-hybridized carbons (Fsp3) is 0.636. The number of aromatic nitrogens is 2. The number of rotatable bonds is 3. The highest BCUT2D eigenvalue weighted by molar-refractivity contribution is 5.14. The van der Waals surface area contributed by atoms with Crippen LogP contribution in [0, 0.1) is 0 Å². The van der Waals surface area contributed by atoms with E-state index in [0.717, 1.165) is 0 Å². The summed E-state index contributed by atoms with van der Waals surface area (Å²) in [4.78, 5) is 11.6. The molecule has 1 aromatic rings. The monoisotopic (exact) mass is 240 g/mol.